The van der Waals surface area contributed by atoms with Crippen LogP contribution in [0.25, 0.3) is 16.5 Å². The van der Waals surface area contributed by atoms with Crippen molar-refractivity contribution in [3.8, 4) is 0 Å². The molecule has 0 unspecified atom stereocenters. The Bertz CT molecular complexity index is 549. The molecule has 0 aliphatic rings. The molecule has 3 heteroatoms. The van der Waals surface area contributed by atoms with E-state index in [1.165, 1.54) is 10.8 Å². The largest absolute Gasteiger partial charge is 0.502 e. The Labute approximate surface area is 107 Å². The number of rotatable bonds is 5. The molecule has 1 N–H and O–H groups in total. The average Bonchev–Trinajstić information content (AvgIpc) is 2.43. The van der Waals surface area contributed by atoms with Crippen molar-refractivity contribution in [2.45, 2.75) is 6.92 Å². The molecule has 0 amide bonds. The van der Waals surface area contributed by atoms with Gasteiger partial charge in [0, 0.05) is 5.56 Å². The molecule has 2 aromatic carbocycles. The normalized spacial score (nSPS) is 11.6. The molecule has 0 saturated heterocycles. The van der Waals surface area contributed by atoms with Gasteiger partial charge >= 0.3 is 0 Å². The maximum Gasteiger partial charge on any atom is 0.108 e. The first kappa shape index (κ1) is 12.5. The van der Waals surface area contributed by atoms with Gasteiger partial charge in [0.25, 0.3) is 0 Å². The third kappa shape index (κ3) is 2.81. The van der Waals surface area contributed by atoms with Crippen LogP contribution in [0.3, 0.4) is 0 Å². The van der Waals surface area contributed by atoms with Crippen molar-refractivity contribution in [1.29, 1.82) is 0 Å². The van der Waals surface area contributed by atoms with E-state index in [4.69, 9.17) is 9.57 Å². The monoisotopic (exact) mass is 243 g/mol. The van der Waals surface area contributed by atoms with Gasteiger partial charge in [-0.15, -0.1) is 0 Å². The summed E-state index contributed by atoms with van der Waals surface area (Å²) in [4.78, 5) is 5.22. The van der Waals surface area contributed by atoms with Gasteiger partial charge in [0.15, 0.2) is 0 Å². The fraction of sp³-hybridized carbons (Fsp3) is 0.200. The molecule has 3 nitrogen and oxygen atoms in total. The summed E-state index contributed by atoms with van der Waals surface area (Å²) in [6.07, 6.45) is 1.64. The lowest BCUT2D eigenvalue weighted by molar-refractivity contribution is 0.0883. The van der Waals surface area contributed by atoms with Gasteiger partial charge in [0.2, 0.25) is 0 Å². The molecule has 0 fully saturated rings. The van der Waals surface area contributed by atoms with Crippen molar-refractivity contribution in [3.63, 3.8) is 0 Å². The van der Waals surface area contributed by atoms with Crippen LogP contribution in [0.15, 0.2) is 48.7 Å². The zero-order valence-corrected chi connectivity index (χ0v) is 10.6. The van der Waals surface area contributed by atoms with Gasteiger partial charge in [-0.05, 0) is 23.8 Å². The Balaban J connectivity index is 2.35. The van der Waals surface area contributed by atoms with E-state index < -0.39 is 0 Å². The number of hydrogen-bond acceptors (Lipinski definition) is 3. The summed E-state index contributed by atoms with van der Waals surface area (Å²) in [6.45, 7) is 2.52. The van der Waals surface area contributed by atoms with Crippen LogP contribution in [-0.4, -0.2) is 13.7 Å². The van der Waals surface area contributed by atoms with E-state index in [1.54, 1.807) is 13.4 Å². The molecule has 2 rings (SSSR count). The van der Waals surface area contributed by atoms with Crippen molar-refractivity contribution in [2.75, 3.05) is 13.7 Å². The molecule has 2 aromatic rings. The summed E-state index contributed by atoms with van der Waals surface area (Å²) in [5.74, 6) is 0. The van der Waals surface area contributed by atoms with Gasteiger partial charge in [0.05, 0.1) is 13.7 Å². The summed E-state index contributed by atoms with van der Waals surface area (Å²) in [7, 11) is 1.62. The Hall–Kier alpha value is -2.00. The van der Waals surface area contributed by atoms with Crippen LogP contribution < -0.4 is 5.48 Å². The second-order valence-electron chi connectivity index (χ2n) is 3.86. The SMILES string of the molecule is CCONC(=COC)c1ccc2ccccc2c1. The van der Waals surface area contributed by atoms with Crippen LogP contribution >= 0.6 is 0 Å². The number of benzene rings is 2. The maximum atomic E-state index is 5.22. The molecule has 0 aliphatic heterocycles. The first-order valence-electron chi connectivity index (χ1n) is 5.95. The van der Waals surface area contributed by atoms with E-state index in [9.17, 15) is 0 Å². The molecule has 0 aromatic heterocycles. The highest BCUT2D eigenvalue weighted by Gasteiger charge is 2.03. The number of hydrogen-bond donors (Lipinski definition) is 1. The molecule has 18 heavy (non-hydrogen) atoms. The van der Waals surface area contributed by atoms with Crippen molar-refractivity contribution >= 4 is 16.5 Å². The third-order valence-electron chi connectivity index (χ3n) is 2.62. The van der Waals surface area contributed by atoms with Crippen LogP contribution in [0.1, 0.15) is 12.5 Å². The minimum atomic E-state index is 0.592. The predicted octanol–water partition coefficient (Wildman–Crippen LogP) is 3.33. The van der Waals surface area contributed by atoms with Crippen LogP contribution in [0.5, 0.6) is 0 Å². The van der Waals surface area contributed by atoms with E-state index in [0.29, 0.717) is 6.61 Å². The highest BCUT2D eigenvalue weighted by atomic mass is 16.6. The third-order valence-corrected chi connectivity index (χ3v) is 2.62. The second kappa shape index (κ2) is 6.07. The molecule has 0 aliphatic carbocycles. The minimum Gasteiger partial charge on any atom is -0.502 e. The molecule has 0 radical (unpaired) electrons. The average molecular weight is 243 g/mol. The quantitative estimate of drug-likeness (QED) is 0.645. The summed E-state index contributed by atoms with van der Waals surface area (Å²) in [5.41, 5.74) is 4.73. The summed E-state index contributed by atoms with van der Waals surface area (Å²) in [5, 5.41) is 2.41. The summed E-state index contributed by atoms with van der Waals surface area (Å²) in [6, 6.07) is 14.5. The van der Waals surface area contributed by atoms with E-state index in [2.05, 4.69) is 29.7 Å². The molecular formula is C15H17NO2. The van der Waals surface area contributed by atoms with E-state index >= 15 is 0 Å². The highest BCUT2D eigenvalue weighted by Crippen LogP contribution is 2.19. The number of nitrogens with one attached hydrogen (secondary N) is 1. The number of hydroxylamine groups is 1. The van der Waals surface area contributed by atoms with Gasteiger partial charge in [-0.25, -0.2) is 0 Å². The Morgan fingerprint density at radius 1 is 1.17 bits per heavy atom. The zero-order valence-electron chi connectivity index (χ0n) is 10.6. The van der Waals surface area contributed by atoms with E-state index in [0.717, 1.165) is 11.3 Å². The van der Waals surface area contributed by atoms with Crippen LogP contribution in [0.2, 0.25) is 0 Å². The lowest BCUT2D eigenvalue weighted by atomic mass is 10.1. The molecule has 0 atom stereocenters. The Morgan fingerprint density at radius 2 is 1.94 bits per heavy atom. The molecule has 0 heterocycles. The van der Waals surface area contributed by atoms with Gasteiger partial charge < -0.3 is 4.74 Å². The van der Waals surface area contributed by atoms with Gasteiger partial charge in [-0.2, -0.15) is 0 Å². The Kier molecular flexibility index (Phi) is 4.20. The topological polar surface area (TPSA) is 30.5 Å². The van der Waals surface area contributed by atoms with Crippen LogP contribution in [-0.2, 0) is 9.57 Å². The van der Waals surface area contributed by atoms with Crippen molar-refractivity contribution in [2.24, 2.45) is 0 Å². The number of ether oxygens (including phenoxy) is 1. The first-order valence-corrected chi connectivity index (χ1v) is 5.95. The highest BCUT2D eigenvalue weighted by molar-refractivity contribution is 5.85. The molecule has 0 saturated carbocycles. The smallest absolute Gasteiger partial charge is 0.108 e. The van der Waals surface area contributed by atoms with E-state index in [-0.39, 0.29) is 0 Å². The Morgan fingerprint density at radius 3 is 2.67 bits per heavy atom. The number of fused-ring (bicyclic) bond motifs is 1. The maximum absolute atomic E-state index is 5.22. The zero-order chi connectivity index (χ0) is 12.8. The van der Waals surface area contributed by atoms with Crippen LogP contribution in [0, 0.1) is 0 Å². The second-order valence-corrected chi connectivity index (χ2v) is 3.86. The van der Waals surface area contributed by atoms with Crippen LogP contribution in [0.4, 0.5) is 0 Å². The standard InChI is InChI=1S/C15H17NO2/c1-3-18-16-15(11-17-2)14-9-8-12-6-4-5-7-13(12)10-14/h4-11,16H,3H2,1-2H3. The lowest BCUT2D eigenvalue weighted by Crippen LogP contribution is -2.13. The summed E-state index contributed by atoms with van der Waals surface area (Å²) < 4.78 is 5.06. The molecule has 0 bridgehead atoms. The first-order chi connectivity index (χ1) is 8.85. The van der Waals surface area contributed by atoms with Crippen molar-refractivity contribution in [3.05, 3.63) is 54.3 Å². The minimum absolute atomic E-state index is 0.592. The van der Waals surface area contributed by atoms with Crippen molar-refractivity contribution in [1.82, 2.24) is 5.48 Å². The van der Waals surface area contributed by atoms with Gasteiger partial charge in [0.1, 0.15) is 12.0 Å². The predicted molar refractivity (Wildman–Crippen MR) is 73.7 cm³/mol. The molecular weight excluding hydrogens is 226 g/mol. The van der Waals surface area contributed by atoms with Crippen molar-refractivity contribution < 1.29 is 9.57 Å². The van der Waals surface area contributed by atoms with Gasteiger partial charge in [-0.3, -0.25) is 10.3 Å². The van der Waals surface area contributed by atoms with Gasteiger partial charge in [-0.1, -0.05) is 36.4 Å². The fourth-order valence-corrected chi connectivity index (χ4v) is 1.78. The molecule has 0 spiro atoms. The lowest BCUT2D eigenvalue weighted by Gasteiger charge is -2.10. The number of methoxy groups -OCH3 is 1. The van der Waals surface area contributed by atoms with E-state index in [1.807, 2.05) is 25.1 Å². The fourth-order valence-electron chi connectivity index (χ4n) is 1.78. The summed E-state index contributed by atoms with van der Waals surface area (Å²) >= 11 is 0. The molecule has 94 valence electrons.